The van der Waals surface area contributed by atoms with E-state index in [9.17, 15) is 9.59 Å². The Labute approximate surface area is 198 Å². The molecule has 2 aromatic heterocycles. The molecule has 176 valence electrons. The molecule has 0 aliphatic carbocycles. The van der Waals surface area contributed by atoms with Crippen molar-refractivity contribution in [1.82, 2.24) is 14.5 Å². The molecule has 4 rings (SSSR count). The first kappa shape index (κ1) is 23.3. The van der Waals surface area contributed by atoms with Crippen LogP contribution in [0.5, 0.6) is 5.75 Å². The third-order valence-corrected chi connectivity index (χ3v) is 5.78. The lowest BCUT2D eigenvalue weighted by atomic mass is 10.1. The zero-order valence-corrected chi connectivity index (χ0v) is 19.9. The maximum absolute atomic E-state index is 13.8. The number of methoxy groups -OCH3 is 1. The molecule has 2 heterocycles. The van der Waals surface area contributed by atoms with Crippen LogP contribution in [0.25, 0.3) is 16.6 Å². The maximum atomic E-state index is 13.8. The highest BCUT2D eigenvalue weighted by molar-refractivity contribution is 5.79. The van der Waals surface area contributed by atoms with E-state index in [1.165, 1.54) is 0 Å². The Kier molecular flexibility index (Phi) is 6.82. The lowest BCUT2D eigenvalue weighted by Gasteiger charge is -2.30. The van der Waals surface area contributed by atoms with Gasteiger partial charge in [0.1, 0.15) is 17.3 Å². The Bertz CT molecular complexity index is 1340. The summed E-state index contributed by atoms with van der Waals surface area (Å²) in [4.78, 5) is 33.7. The van der Waals surface area contributed by atoms with E-state index in [-0.39, 0.29) is 23.9 Å². The summed E-state index contributed by atoms with van der Waals surface area (Å²) in [5.74, 6) is 1.81. The minimum absolute atomic E-state index is 0.0344. The molecule has 0 fully saturated rings. The molecule has 2 aromatic carbocycles. The third-order valence-electron chi connectivity index (χ3n) is 5.78. The Morgan fingerprint density at radius 1 is 1.06 bits per heavy atom. The lowest BCUT2D eigenvalue weighted by molar-refractivity contribution is -0.135. The summed E-state index contributed by atoms with van der Waals surface area (Å²) in [6.07, 6.45) is 1.96. The summed E-state index contributed by atoms with van der Waals surface area (Å²) >= 11 is 0. The molecule has 0 saturated carbocycles. The number of nitrogens with zero attached hydrogens (tertiary/aromatic N) is 3. The van der Waals surface area contributed by atoms with E-state index in [1.807, 2.05) is 63.2 Å². The van der Waals surface area contributed by atoms with Gasteiger partial charge in [0.05, 0.1) is 42.5 Å². The number of hydrogen-bond acceptors (Lipinski definition) is 5. The first-order valence-corrected chi connectivity index (χ1v) is 11.4. The minimum atomic E-state index is -0.515. The van der Waals surface area contributed by atoms with Crippen LogP contribution >= 0.6 is 0 Å². The van der Waals surface area contributed by atoms with Crippen molar-refractivity contribution in [2.24, 2.45) is 5.92 Å². The molecule has 1 atom stereocenters. The van der Waals surface area contributed by atoms with E-state index >= 15 is 0 Å². The molecule has 0 saturated heterocycles. The lowest BCUT2D eigenvalue weighted by Crippen LogP contribution is -2.37. The number of furan rings is 1. The molecule has 7 nitrogen and oxygen atoms in total. The van der Waals surface area contributed by atoms with Crippen molar-refractivity contribution in [3.8, 4) is 11.4 Å². The highest BCUT2D eigenvalue weighted by atomic mass is 16.5. The second-order valence-electron chi connectivity index (χ2n) is 8.67. The van der Waals surface area contributed by atoms with Gasteiger partial charge in [-0.05, 0) is 49.2 Å². The average Bonchev–Trinajstić information content (AvgIpc) is 3.35. The molecule has 1 amide bonds. The van der Waals surface area contributed by atoms with E-state index in [4.69, 9.17) is 14.1 Å². The number of amides is 1. The molecule has 0 aliphatic heterocycles. The van der Waals surface area contributed by atoms with E-state index in [0.717, 1.165) is 0 Å². The van der Waals surface area contributed by atoms with Crippen molar-refractivity contribution >= 4 is 16.8 Å². The Morgan fingerprint density at radius 2 is 1.79 bits per heavy atom. The monoisotopic (exact) mass is 459 g/mol. The molecule has 34 heavy (non-hydrogen) atoms. The van der Waals surface area contributed by atoms with Crippen LogP contribution in [0.3, 0.4) is 0 Å². The highest BCUT2D eigenvalue weighted by Gasteiger charge is 2.28. The summed E-state index contributed by atoms with van der Waals surface area (Å²) in [5.41, 5.74) is 0.935. The van der Waals surface area contributed by atoms with Gasteiger partial charge >= 0.3 is 0 Å². The Hall–Kier alpha value is -3.87. The van der Waals surface area contributed by atoms with Crippen LogP contribution in [0, 0.1) is 5.92 Å². The number of rotatable bonds is 8. The molecular weight excluding hydrogens is 430 g/mol. The highest BCUT2D eigenvalue weighted by Crippen LogP contribution is 2.29. The van der Waals surface area contributed by atoms with Crippen molar-refractivity contribution in [2.75, 3.05) is 7.11 Å². The quantitative estimate of drug-likeness (QED) is 0.365. The Balaban J connectivity index is 1.93. The molecule has 0 spiro atoms. The first-order valence-electron chi connectivity index (χ1n) is 11.4. The smallest absolute Gasteiger partial charge is 0.266 e. The van der Waals surface area contributed by atoms with Crippen molar-refractivity contribution in [2.45, 2.75) is 39.8 Å². The SMILES string of the molecule is COc1ccccc1-n1c(C(C)N(Cc2ccco2)C(=O)CC(C)C)nc2ccccc2c1=O. The normalized spacial score (nSPS) is 12.1. The summed E-state index contributed by atoms with van der Waals surface area (Å²) < 4.78 is 12.7. The number of carbonyl (C=O) groups is 1. The van der Waals surface area contributed by atoms with E-state index in [1.54, 1.807) is 41.0 Å². The van der Waals surface area contributed by atoms with Gasteiger partial charge in [-0.25, -0.2) is 4.98 Å². The number of hydrogen-bond donors (Lipinski definition) is 0. The van der Waals surface area contributed by atoms with Gasteiger partial charge in [-0.3, -0.25) is 14.2 Å². The van der Waals surface area contributed by atoms with Gasteiger partial charge in [0.15, 0.2) is 0 Å². The average molecular weight is 460 g/mol. The standard InChI is InChI=1S/C27H29N3O4/c1-18(2)16-25(31)29(17-20-10-9-15-34-20)19(3)26-28-22-12-6-5-11-21(22)27(32)30(26)23-13-7-8-14-24(23)33-4/h5-15,18-19H,16-17H2,1-4H3. The Morgan fingerprint density at radius 3 is 2.50 bits per heavy atom. The van der Waals surface area contributed by atoms with Gasteiger partial charge in [-0.15, -0.1) is 0 Å². The molecule has 0 N–H and O–H groups in total. The molecule has 0 radical (unpaired) electrons. The van der Waals surface area contributed by atoms with Gasteiger partial charge in [0.25, 0.3) is 5.56 Å². The van der Waals surface area contributed by atoms with E-state index in [2.05, 4.69) is 0 Å². The fourth-order valence-corrected chi connectivity index (χ4v) is 4.09. The zero-order chi connectivity index (χ0) is 24.2. The second-order valence-corrected chi connectivity index (χ2v) is 8.67. The van der Waals surface area contributed by atoms with Crippen LogP contribution in [0.1, 0.15) is 44.8 Å². The van der Waals surface area contributed by atoms with Crippen LogP contribution in [0.2, 0.25) is 0 Å². The third kappa shape index (κ3) is 4.59. The number of fused-ring (bicyclic) bond motifs is 1. The first-order chi connectivity index (χ1) is 16.4. The number of aromatic nitrogens is 2. The summed E-state index contributed by atoms with van der Waals surface area (Å²) in [5, 5.41) is 0.496. The number of para-hydroxylation sites is 3. The number of ether oxygens (including phenoxy) is 1. The van der Waals surface area contributed by atoms with Crippen LogP contribution in [0.15, 0.2) is 76.1 Å². The molecule has 1 unspecified atom stereocenters. The van der Waals surface area contributed by atoms with Crippen LogP contribution < -0.4 is 10.3 Å². The second kappa shape index (κ2) is 9.95. The number of benzene rings is 2. The predicted molar refractivity (Wildman–Crippen MR) is 131 cm³/mol. The summed E-state index contributed by atoms with van der Waals surface area (Å²) in [6.45, 7) is 6.18. The fraction of sp³-hybridized carbons (Fsp3) is 0.296. The molecule has 7 heteroatoms. The minimum Gasteiger partial charge on any atom is -0.495 e. The van der Waals surface area contributed by atoms with E-state index in [0.29, 0.717) is 40.3 Å². The molecular formula is C27H29N3O4. The van der Waals surface area contributed by atoms with Gasteiger partial charge in [-0.2, -0.15) is 0 Å². The summed E-state index contributed by atoms with van der Waals surface area (Å²) in [7, 11) is 1.57. The predicted octanol–water partition coefficient (Wildman–Crippen LogP) is 5.12. The van der Waals surface area contributed by atoms with Crippen molar-refractivity contribution < 1.29 is 13.9 Å². The topological polar surface area (TPSA) is 77.6 Å². The van der Waals surface area contributed by atoms with Gasteiger partial charge in [0.2, 0.25) is 5.91 Å². The number of carbonyl (C=O) groups excluding carboxylic acids is 1. The van der Waals surface area contributed by atoms with Crippen molar-refractivity contribution in [3.05, 3.63) is 88.9 Å². The maximum Gasteiger partial charge on any atom is 0.266 e. The van der Waals surface area contributed by atoms with Crippen molar-refractivity contribution in [3.63, 3.8) is 0 Å². The molecule has 4 aromatic rings. The fourth-order valence-electron chi connectivity index (χ4n) is 4.09. The molecule has 0 bridgehead atoms. The zero-order valence-electron chi connectivity index (χ0n) is 19.9. The van der Waals surface area contributed by atoms with E-state index < -0.39 is 6.04 Å². The summed E-state index contributed by atoms with van der Waals surface area (Å²) in [6, 6.07) is 17.7. The molecule has 0 aliphatic rings. The van der Waals surface area contributed by atoms with Gasteiger partial charge in [0, 0.05) is 6.42 Å². The van der Waals surface area contributed by atoms with Gasteiger partial charge < -0.3 is 14.1 Å². The van der Waals surface area contributed by atoms with Crippen LogP contribution in [-0.4, -0.2) is 27.5 Å². The van der Waals surface area contributed by atoms with Crippen molar-refractivity contribution in [1.29, 1.82) is 0 Å². The van der Waals surface area contributed by atoms with Crippen LogP contribution in [-0.2, 0) is 11.3 Å². The van der Waals surface area contributed by atoms with Crippen LogP contribution in [0.4, 0.5) is 0 Å². The largest absolute Gasteiger partial charge is 0.495 e. The van der Waals surface area contributed by atoms with Gasteiger partial charge in [-0.1, -0.05) is 38.1 Å².